The average molecular weight is 546 g/mol. The monoisotopic (exact) mass is 545 g/mol. The number of amides is 2. The minimum Gasteiger partial charge on any atom is -0.432 e. The Morgan fingerprint density at radius 3 is 2.38 bits per heavy atom. The molecule has 5 rings (SSSR count). The number of benzene rings is 3. The maximum absolute atomic E-state index is 14.2. The van der Waals surface area contributed by atoms with E-state index in [1.807, 2.05) is 68.5 Å². The highest BCUT2D eigenvalue weighted by Crippen LogP contribution is 2.59. The number of aliphatic hydroxyl groups excluding tert-OH is 1. The molecule has 0 radical (unpaired) electrons. The smallest absolute Gasteiger partial charge is 0.264 e. The van der Waals surface area contributed by atoms with Crippen LogP contribution in [0.4, 0.5) is 17.1 Å². The van der Waals surface area contributed by atoms with Crippen LogP contribution in [0.15, 0.2) is 72.8 Å². The Kier molecular flexibility index (Phi) is 7.11. The summed E-state index contributed by atoms with van der Waals surface area (Å²) in [5.74, 6) is -0.644. The highest BCUT2D eigenvalue weighted by molar-refractivity contribution is 6.71. The van der Waals surface area contributed by atoms with Crippen LogP contribution >= 0.6 is 0 Å². The van der Waals surface area contributed by atoms with Gasteiger partial charge in [0.15, 0.2) is 13.9 Å². The number of nitrogens with zero attached hydrogens (tertiary/aromatic N) is 1. The van der Waals surface area contributed by atoms with Crippen LogP contribution in [-0.2, 0) is 21.7 Å². The van der Waals surface area contributed by atoms with Crippen LogP contribution in [0.25, 0.3) is 0 Å². The third kappa shape index (κ3) is 4.76. The molecule has 0 aliphatic carbocycles. The highest BCUT2D eigenvalue weighted by atomic mass is 28.4. The minimum atomic E-state index is -2.72. The van der Waals surface area contributed by atoms with Crippen molar-refractivity contribution in [3.05, 3.63) is 89.5 Å². The van der Waals surface area contributed by atoms with Gasteiger partial charge < -0.3 is 30.6 Å². The average Bonchev–Trinajstić information content (AvgIpc) is 3.32. The van der Waals surface area contributed by atoms with Crippen LogP contribution in [0.1, 0.15) is 34.8 Å². The van der Waals surface area contributed by atoms with E-state index in [4.69, 9.17) is 10.5 Å². The van der Waals surface area contributed by atoms with E-state index in [2.05, 4.69) is 5.32 Å². The van der Waals surface area contributed by atoms with Crippen LogP contribution in [0.2, 0.25) is 18.6 Å². The van der Waals surface area contributed by atoms with Gasteiger partial charge in [0.25, 0.3) is 11.8 Å². The molecule has 1 saturated heterocycles. The molecule has 5 N–H and O–H groups in total. The first-order chi connectivity index (χ1) is 18.6. The first-order valence-electron chi connectivity index (χ1n) is 13.2. The second-order valence-electron chi connectivity index (χ2n) is 11.1. The zero-order valence-electron chi connectivity index (χ0n) is 22.4. The van der Waals surface area contributed by atoms with Crippen LogP contribution in [0, 0.1) is 5.92 Å². The Morgan fingerprint density at radius 2 is 1.74 bits per heavy atom. The van der Waals surface area contributed by atoms with Gasteiger partial charge in [-0.05, 0) is 67.5 Å². The zero-order valence-corrected chi connectivity index (χ0v) is 23.4. The van der Waals surface area contributed by atoms with E-state index in [0.29, 0.717) is 29.9 Å². The van der Waals surface area contributed by atoms with Crippen molar-refractivity contribution in [1.82, 2.24) is 0 Å². The molecule has 3 aromatic carbocycles. The Labute approximate surface area is 229 Å². The van der Waals surface area contributed by atoms with E-state index < -0.39 is 20.0 Å². The Morgan fingerprint density at radius 1 is 1.08 bits per heavy atom. The van der Waals surface area contributed by atoms with Gasteiger partial charge in [-0.2, -0.15) is 0 Å². The van der Waals surface area contributed by atoms with Crippen molar-refractivity contribution >= 4 is 37.2 Å². The fourth-order valence-corrected chi connectivity index (χ4v) is 8.90. The largest absolute Gasteiger partial charge is 0.432 e. The van der Waals surface area contributed by atoms with Crippen molar-refractivity contribution in [3.63, 3.8) is 0 Å². The fourth-order valence-electron chi connectivity index (χ4n) is 6.30. The Balaban J connectivity index is 1.39. The summed E-state index contributed by atoms with van der Waals surface area (Å²) in [6, 6.07) is 21.8. The van der Waals surface area contributed by atoms with Crippen LogP contribution in [0.5, 0.6) is 0 Å². The number of nitrogens with two attached hydrogens (primary N) is 1. The Hall–Kier alpha value is -3.50. The predicted octanol–water partition coefficient (Wildman–Crippen LogP) is 4.25. The number of nitrogen functional groups attached to an aromatic ring is 1. The van der Waals surface area contributed by atoms with Gasteiger partial charge in [0.05, 0.1) is 18.3 Å². The number of carbonyl (C=O) groups is 2. The molecule has 2 amide bonds. The van der Waals surface area contributed by atoms with Gasteiger partial charge in [0, 0.05) is 40.6 Å². The topological polar surface area (TPSA) is 125 Å². The summed E-state index contributed by atoms with van der Waals surface area (Å²) >= 11 is 0. The van der Waals surface area contributed by atoms with Crippen LogP contribution < -0.4 is 16.0 Å². The summed E-state index contributed by atoms with van der Waals surface area (Å²) in [5.41, 5.74) is 8.53. The molecule has 8 nitrogen and oxygen atoms in total. The molecule has 39 heavy (non-hydrogen) atoms. The van der Waals surface area contributed by atoms with E-state index in [1.165, 1.54) is 0 Å². The number of anilines is 3. The number of hydrogen-bond acceptors (Lipinski definition) is 6. The van der Waals surface area contributed by atoms with Gasteiger partial charge in [-0.15, -0.1) is 0 Å². The molecule has 0 saturated carbocycles. The van der Waals surface area contributed by atoms with Crippen molar-refractivity contribution in [2.75, 3.05) is 22.6 Å². The quantitative estimate of drug-likeness (QED) is 0.260. The molecule has 4 atom stereocenters. The number of aliphatic hydroxyl groups is 1. The van der Waals surface area contributed by atoms with Gasteiger partial charge >= 0.3 is 0 Å². The summed E-state index contributed by atoms with van der Waals surface area (Å²) in [4.78, 5) is 39.7. The minimum absolute atomic E-state index is 0.0742. The lowest BCUT2D eigenvalue weighted by molar-refractivity contribution is -0.146. The standard InChI is InChI=1S/C30H35N3O5Si/c1-19-27(39(2,3)37)26(16-17-34)38-30(19)24-6-4-5-7-25(24)33(29(30)36)18-20-8-14-23(15-9-20)32-28(35)21-10-12-22(31)13-11-21/h4-15,19,26-27,34,37H,16-18,31H2,1-3H3,(H,32,35)/t19-,26+,27-,30+/m1/s1. The van der Waals surface area contributed by atoms with Gasteiger partial charge in [0.2, 0.25) is 0 Å². The molecule has 1 fully saturated rings. The summed E-state index contributed by atoms with van der Waals surface area (Å²) in [6.45, 7) is 5.99. The molecule has 1 spiro atoms. The van der Waals surface area contributed by atoms with E-state index in [0.717, 1.165) is 16.8 Å². The fraction of sp³-hybridized carbons (Fsp3) is 0.333. The number of para-hydroxylation sites is 1. The third-order valence-corrected chi connectivity index (χ3v) is 10.5. The maximum atomic E-state index is 14.2. The first-order valence-corrected chi connectivity index (χ1v) is 16.3. The zero-order chi connectivity index (χ0) is 27.9. The lowest BCUT2D eigenvalue weighted by Crippen LogP contribution is -2.46. The molecule has 0 bridgehead atoms. The molecular weight excluding hydrogens is 510 g/mol. The summed E-state index contributed by atoms with van der Waals surface area (Å²) in [5, 5.41) is 12.6. The summed E-state index contributed by atoms with van der Waals surface area (Å²) in [6.07, 6.45) is -0.0372. The van der Waals surface area contributed by atoms with E-state index in [1.54, 1.807) is 29.2 Å². The lowest BCUT2D eigenvalue weighted by atomic mass is 9.82. The third-order valence-electron chi connectivity index (χ3n) is 8.03. The maximum Gasteiger partial charge on any atom is 0.264 e. The highest BCUT2D eigenvalue weighted by Gasteiger charge is 2.65. The number of carbonyl (C=O) groups excluding carboxylic acids is 2. The number of fused-ring (bicyclic) bond motifs is 2. The van der Waals surface area contributed by atoms with E-state index in [9.17, 15) is 19.5 Å². The van der Waals surface area contributed by atoms with Crippen LogP contribution in [-0.4, -0.2) is 42.7 Å². The van der Waals surface area contributed by atoms with Crippen LogP contribution in [0.3, 0.4) is 0 Å². The molecule has 2 aliphatic heterocycles. The van der Waals surface area contributed by atoms with Crippen molar-refractivity contribution in [2.24, 2.45) is 5.92 Å². The van der Waals surface area contributed by atoms with Crippen molar-refractivity contribution in [2.45, 2.75) is 50.2 Å². The van der Waals surface area contributed by atoms with Crippen molar-refractivity contribution in [1.29, 1.82) is 0 Å². The normalized spacial score (nSPS) is 24.3. The number of hydrogen-bond donors (Lipinski definition) is 4. The molecular formula is C30H35N3O5Si. The van der Waals surface area contributed by atoms with Gasteiger partial charge in [-0.1, -0.05) is 37.3 Å². The molecule has 3 aromatic rings. The molecule has 9 heteroatoms. The van der Waals surface area contributed by atoms with E-state index >= 15 is 0 Å². The molecule has 0 unspecified atom stereocenters. The number of nitrogens with one attached hydrogen (secondary N) is 1. The summed E-state index contributed by atoms with van der Waals surface area (Å²) in [7, 11) is -2.72. The molecule has 2 aliphatic rings. The van der Waals surface area contributed by atoms with Gasteiger partial charge in [0.1, 0.15) is 0 Å². The van der Waals surface area contributed by atoms with Gasteiger partial charge in [-0.25, -0.2) is 0 Å². The molecule has 2 heterocycles. The van der Waals surface area contributed by atoms with Gasteiger partial charge in [-0.3, -0.25) is 9.59 Å². The number of ether oxygens (including phenoxy) is 1. The molecule has 0 aromatic heterocycles. The number of rotatable bonds is 7. The van der Waals surface area contributed by atoms with E-state index in [-0.39, 0.29) is 29.9 Å². The van der Waals surface area contributed by atoms with Crippen molar-refractivity contribution in [3.8, 4) is 0 Å². The second-order valence-corrected chi connectivity index (χ2v) is 15.0. The lowest BCUT2D eigenvalue weighted by Gasteiger charge is -2.32. The second kappa shape index (κ2) is 10.2. The molecule has 204 valence electrons. The first kappa shape index (κ1) is 27.1. The SMILES string of the molecule is C[C@@H]1[C@@H]([Si](C)(C)O)[C@H](CCO)O[C@@]12C(=O)N(Cc1ccc(NC(=O)c3ccc(N)cc3)cc1)c1ccccc12. The Bertz CT molecular complexity index is 1370. The predicted molar refractivity (Wildman–Crippen MR) is 154 cm³/mol. The van der Waals surface area contributed by atoms with Crippen molar-refractivity contribution < 1.29 is 24.2 Å². The summed E-state index contributed by atoms with van der Waals surface area (Å²) < 4.78 is 6.59.